The van der Waals surface area contributed by atoms with Crippen LogP contribution in [0.15, 0.2) is 12.1 Å². The summed E-state index contributed by atoms with van der Waals surface area (Å²) < 4.78 is 25.9. The topological polar surface area (TPSA) is 26.0 Å². The molecule has 0 bridgehead atoms. The minimum atomic E-state index is -0.717. The minimum Gasteiger partial charge on any atom is -0.330 e. The molecule has 0 spiro atoms. The van der Waals surface area contributed by atoms with Crippen molar-refractivity contribution >= 4 is 11.6 Å². The first-order valence-electron chi connectivity index (χ1n) is 4.40. The Labute approximate surface area is 86.9 Å². The molecule has 0 saturated heterocycles. The summed E-state index contributed by atoms with van der Waals surface area (Å²) in [6, 6.07) is 2.03. The maximum absolute atomic E-state index is 13.0. The Morgan fingerprint density at radius 1 is 1.43 bits per heavy atom. The first-order valence-corrected chi connectivity index (χ1v) is 4.78. The van der Waals surface area contributed by atoms with Gasteiger partial charge in [0.1, 0.15) is 11.6 Å². The third-order valence-corrected chi connectivity index (χ3v) is 2.55. The van der Waals surface area contributed by atoms with Crippen molar-refractivity contribution in [3.05, 3.63) is 34.4 Å². The van der Waals surface area contributed by atoms with Gasteiger partial charge in [-0.2, -0.15) is 0 Å². The highest BCUT2D eigenvalue weighted by Crippen LogP contribution is 2.29. The van der Waals surface area contributed by atoms with Crippen LogP contribution in [0.4, 0.5) is 8.78 Å². The van der Waals surface area contributed by atoms with Crippen LogP contribution in [-0.2, 0) is 0 Å². The van der Waals surface area contributed by atoms with Gasteiger partial charge in [0.25, 0.3) is 0 Å². The molecule has 78 valence electrons. The van der Waals surface area contributed by atoms with E-state index in [9.17, 15) is 8.78 Å². The summed E-state index contributed by atoms with van der Waals surface area (Å²) >= 11 is 5.71. The molecule has 0 aliphatic rings. The molecule has 1 aromatic rings. The van der Waals surface area contributed by atoms with Crippen LogP contribution in [0, 0.1) is 11.6 Å². The van der Waals surface area contributed by atoms with E-state index in [2.05, 4.69) is 0 Å². The van der Waals surface area contributed by atoms with E-state index in [1.54, 1.807) is 0 Å². The van der Waals surface area contributed by atoms with Crippen LogP contribution in [0.1, 0.15) is 24.8 Å². The van der Waals surface area contributed by atoms with Gasteiger partial charge >= 0.3 is 0 Å². The smallest absolute Gasteiger partial charge is 0.144 e. The zero-order chi connectivity index (χ0) is 10.7. The Hall–Kier alpha value is -0.670. The fourth-order valence-electron chi connectivity index (χ4n) is 1.34. The van der Waals surface area contributed by atoms with Gasteiger partial charge in [-0.3, -0.25) is 0 Å². The third-order valence-electron chi connectivity index (χ3n) is 2.15. The maximum atomic E-state index is 13.0. The van der Waals surface area contributed by atoms with E-state index in [0.717, 1.165) is 6.07 Å². The second-order valence-corrected chi connectivity index (χ2v) is 3.65. The van der Waals surface area contributed by atoms with Gasteiger partial charge in [0.2, 0.25) is 0 Å². The van der Waals surface area contributed by atoms with E-state index < -0.39 is 11.6 Å². The summed E-state index contributed by atoms with van der Waals surface area (Å²) in [5.41, 5.74) is 5.84. The van der Waals surface area contributed by atoms with Gasteiger partial charge in [0.05, 0.1) is 5.02 Å². The van der Waals surface area contributed by atoms with Gasteiger partial charge in [-0.25, -0.2) is 8.78 Å². The van der Waals surface area contributed by atoms with E-state index in [0.29, 0.717) is 18.5 Å². The van der Waals surface area contributed by atoms with Crippen LogP contribution >= 0.6 is 11.6 Å². The molecule has 0 heterocycles. The van der Waals surface area contributed by atoms with Gasteiger partial charge in [-0.1, -0.05) is 18.5 Å². The normalized spacial score (nSPS) is 12.9. The highest BCUT2D eigenvalue weighted by Gasteiger charge is 2.14. The van der Waals surface area contributed by atoms with Gasteiger partial charge in [-0.15, -0.1) is 0 Å². The molecule has 0 aliphatic carbocycles. The second kappa shape index (κ2) is 4.71. The summed E-state index contributed by atoms with van der Waals surface area (Å²) in [5.74, 6) is -1.35. The molecule has 1 aromatic carbocycles. The Bertz CT molecular complexity index is 328. The molecule has 0 aromatic heterocycles. The molecular weight excluding hydrogens is 208 g/mol. The lowest BCUT2D eigenvalue weighted by atomic mass is 9.97. The van der Waals surface area contributed by atoms with Crippen molar-refractivity contribution in [3.63, 3.8) is 0 Å². The zero-order valence-electron chi connectivity index (χ0n) is 7.86. The maximum Gasteiger partial charge on any atom is 0.144 e. The minimum absolute atomic E-state index is 0.00708. The van der Waals surface area contributed by atoms with Crippen molar-refractivity contribution in [2.24, 2.45) is 5.73 Å². The molecular formula is C10H12ClF2N. The summed E-state index contributed by atoms with van der Waals surface area (Å²) in [7, 11) is 0. The van der Waals surface area contributed by atoms with E-state index in [-0.39, 0.29) is 10.9 Å². The molecule has 14 heavy (non-hydrogen) atoms. The molecule has 0 saturated carbocycles. The lowest BCUT2D eigenvalue weighted by Gasteiger charge is -2.12. The van der Waals surface area contributed by atoms with Crippen LogP contribution in [0.3, 0.4) is 0 Å². The van der Waals surface area contributed by atoms with E-state index in [1.807, 2.05) is 6.92 Å². The first kappa shape index (κ1) is 11.4. The van der Waals surface area contributed by atoms with Gasteiger partial charge < -0.3 is 5.73 Å². The number of hydrogen-bond acceptors (Lipinski definition) is 1. The number of hydrogen-bond donors (Lipinski definition) is 1. The third kappa shape index (κ3) is 2.42. The molecule has 0 amide bonds. The lowest BCUT2D eigenvalue weighted by molar-refractivity contribution is 0.572. The predicted octanol–water partition coefficient (Wildman–Crippen LogP) is 3.07. The first-order chi connectivity index (χ1) is 6.56. The number of benzene rings is 1. The average molecular weight is 220 g/mol. The predicted molar refractivity (Wildman–Crippen MR) is 53.5 cm³/mol. The molecule has 2 N–H and O–H groups in total. The van der Waals surface area contributed by atoms with Gasteiger partial charge in [0.15, 0.2) is 0 Å². The highest BCUT2D eigenvalue weighted by molar-refractivity contribution is 6.31. The number of rotatable bonds is 3. The van der Waals surface area contributed by atoms with Crippen molar-refractivity contribution in [3.8, 4) is 0 Å². The Balaban J connectivity index is 3.07. The Kier molecular flexibility index (Phi) is 3.84. The zero-order valence-corrected chi connectivity index (χ0v) is 8.61. The van der Waals surface area contributed by atoms with Crippen LogP contribution in [-0.4, -0.2) is 6.54 Å². The monoisotopic (exact) mass is 219 g/mol. The summed E-state index contributed by atoms with van der Waals surface area (Å²) in [4.78, 5) is 0. The molecule has 1 atom stereocenters. The molecule has 0 aliphatic heterocycles. The summed E-state index contributed by atoms with van der Waals surface area (Å²) in [6.07, 6.45) is 0.655. The molecule has 4 heteroatoms. The quantitative estimate of drug-likeness (QED) is 0.777. The lowest BCUT2D eigenvalue weighted by Crippen LogP contribution is -2.06. The standard InChI is InChI=1S/C10H12ClF2N/c1-6(2-3-14)8-4-7(12)5-9(13)10(8)11/h4-6H,2-3,14H2,1H3. The summed E-state index contributed by atoms with van der Waals surface area (Å²) in [5, 5.41) is -0.00708. The van der Waals surface area contributed by atoms with Crippen molar-refractivity contribution in [1.82, 2.24) is 0 Å². The summed E-state index contributed by atoms with van der Waals surface area (Å²) in [6.45, 7) is 2.31. The SMILES string of the molecule is CC(CCN)c1cc(F)cc(F)c1Cl. The van der Waals surface area contributed by atoms with Crippen molar-refractivity contribution in [1.29, 1.82) is 0 Å². The molecule has 0 radical (unpaired) electrons. The van der Waals surface area contributed by atoms with E-state index in [1.165, 1.54) is 6.07 Å². The molecule has 1 unspecified atom stereocenters. The number of halogens is 3. The fraction of sp³-hybridized carbons (Fsp3) is 0.400. The van der Waals surface area contributed by atoms with Crippen molar-refractivity contribution < 1.29 is 8.78 Å². The fourth-order valence-corrected chi connectivity index (χ4v) is 1.64. The average Bonchev–Trinajstić information content (AvgIpc) is 2.11. The molecule has 0 fully saturated rings. The van der Waals surface area contributed by atoms with E-state index in [4.69, 9.17) is 17.3 Å². The Morgan fingerprint density at radius 2 is 2.07 bits per heavy atom. The van der Waals surface area contributed by atoms with Crippen LogP contribution in [0.2, 0.25) is 5.02 Å². The molecule has 1 rings (SSSR count). The Morgan fingerprint density at radius 3 is 2.64 bits per heavy atom. The van der Waals surface area contributed by atoms with Crippen LogP contribution in [0.25, 0.3) is 0 Å². The van der Waals surface area contributed by atoms with Gasteiger partial charge in [0, 0.05) is 6.07 Å². The molecule has 1 nitrogen and oxygen atoms in total. The van der Waals surface area contributed by atoms with Crippen LogP contribution < -0.4 is 5.73 Å². The van der Waals surface area contributed by atoms with E-state index >= 15 is 0 Å². The number of nitrogens with two attached hydrogens (primary N) is 1. The largest absolute Gasteiger partial charge is 0.330 e. The highest BCUT2D eigenvalue weighted by atomic mass is 35.5. The van der Waals surface area contributed by atoms with Crippen LogP contribution in [0.5, 0.6) is 0 Å². The van der Waals surface area contributed by atoms with Gasteiger partial charge in [-0.05, 0) is 30.5 Å². The van der Waals surface area contributed by atoms with Crippen molar-refractivity contribution in [2.75, 3.05) is 6.54 Å². The van der Waals surface area contributed by atoms with Crippen molar-refractivity contribution in [2.45, 2.75) is 19.3 Å². The second-order valence-electron chi connectivity index (χ2n) is 3.27.